The van der Waals surface area contributed by atoms with Crippen LogP contribution < -0.4 is 5.32 Å². The van der Waals surface area contributed by atoms with E-state index in [1.165, 1.54) is 0 Å². The molecule has 0 aliphatic heterocycles. The van der Waals surface area contributed by atoms with Gasteiger partial charge in [-0.3, -0.25) is 4.98 Å². The molecule has 0 spiro atoms. The fraction of sp³-hybridized carbons (Fsp3) is 0.154. The molecule has 3 aromatic rings. The normalized spacial score (nSPS) is 10.6. The van der Waals surface area contributed by atoms with E-state index in [1.54, 1.807) is 24.8 Å². The van der Waals surface area contributed by atoms with Gasteiger partial charge in [0.15, 0.2) is 0 Å². The summed E-state index contributed by atoms with van der Waals surface area (Å²) in [6.07, 6.45) is 10.9. The Morgan fingerprint density at radius 3 is 3.00 bits per heavy atom. The van der Waals surface area contributed by atoms with E-state index >= 15 is 0 Å². The van der Waals surface area contributed by atoms with Crippen molar-refractivity contribution in [2.75, 3.05) is 5.32 Å². The lowest BCUT2D eigenvalue weighted by Crippen LogP contribution is -2.06. The lowest BCUT2D eigenvalue weighted by atomic mass is 10.3. The van der Waals surface area contributed by atoms with E-state index < -0.39 is 0 Å². The van der Waals surface area contributed by atoms with Gasteiger partial charge in [-0.05, 0) is 18.6 Å². The van der Waals surface area contributed by atoms with Gasteiger partial charge in [0.2, 0.25) is 0 Å². The molecule has 0 radical (unpaired) electrons. The van der Waals surface area contributed by atoms with Crippen molar-refractivity contribution < 1.29 is 0 Å². The van der Waals surface area contributed by atoms with Crippen LogP contribution in [0.25, 0.3) is 5.69 Å². The Labute approximate surface area is 110 Å². The van der Waals surface area contributed by atoms with E-state index in [0.717, 1.165) is 22.8 Å². The molecule has 0 bridgehead atoms. The Kier molecular flexibility index (Phi) is 2.97. The average Bonchev–Trinajstić information content (AvgIpc) is 3.08. The molecular weight excluding hydrogens is 240 g/mol. The second-order valence-electron chi connectivity index (χ2n) is 4.24. The molecule has 0 saturated carbocycles. The summed E-state index contributed by atoms with van der Waals surface area (Å²) >= 11 is 0. The summed E-state index contributed by atoms with van der Waals surface area (Å²) in [6.45, 7) is 2.63. The first-order chi connectivity index (χ1) is 9.33. The van der Waals surface area contributed by atoms with Crippen LogP contribution in [-0.2, 0) is 6.54 Å². The van der Waals surface area contributed by atoms with Crippen LogP contribution in [0.5, 0.6) is 0 Å². The van der Waals surface area contributed by atoms with Gasteiger partial charge in [0, 0.05) is 24.8 Å². The Hall–Kier alpha value is -2.63. The Bertz CT molecular complexity index is 655. The number of nitrogens with one attached hydrogen (secondary N) is 2. The molecule has 0 saturated heterocycles. The van der Waals surface area contributed by atoms with Gasteiger partial charge >= 0.3 is 0 Å². The highest BCUT2D eigenvalue weighted by Gasteiger charge is 2.06. The van der Waals surface area contributed by atoms with Crippen LogP contribution in [0.15, 0.2) is 43.2 Å². The number of pyridine rings is 1. The highest BCUT2D eigenvalue weighted by molar-refractivity contribution is 5.58. The lowest BCUT2D eigenvalue weighted by molar-refractivity contribution is 0.873. The number of anilines is 1. The summed E-state index contributed by atoms with van der Waals surface area (Å²) < 4.78 is 1.83. The number of nitrogens with zero attached hydrogens (tertiary/aromatic N) is 4. The molecule has 0 aromatic carbocycles. The lowest BCUT2D eigenvalue weighted by Gasteiger charge is -2.10. The molecule has 6 nitrogen and oxygen atoms in total. The van der Waals surface area contributed by atoms with Gasteiger partial charge < -0.3 is 10.3 Å². The largest absolute Gasteiger partial charge is 0.375 e. The number of hydrogen-bond donors (Lipinski definition) is 2. The van der Waals surface area contributed by atoms with Crippen LogP contribution in [0.4, 0.5) is 5.69 Å². The minimum absolute atomic E-state index is 0.617. The van der Waals surface area contributed by atoms with Crippen molar-refractivity contribution in [1.29, 1.82) is 0 Å². The zero-order chi connectivity index (χ0) is 13.1. The first kappa shape index (κ1) is 11.5. The molecule has 0 amide bonds. The van der Waals surface area contributed by atoms with Crippen LogP contribution in [-0.4, -0.2) is 24.7 Å². The number of aryl methyl sites for hydroxylation is 1. The summed E-state index contributed by atoms with van der Waals surface area (Å²) in [4.78, 5) is 11.4. The van der Waals surface area contributed by atoms with E-state index in [2.05, 4.69) is 25.4 Å². The van der Waals surface area contributed by atoms with E-state index in [9.17, 15) is 0 Å². The van der Waals surface area contributed by atoms with Crippen molar-refractivity contribution in [3.63, 3.8) is 0 Å². The maximum absolute atomic E-state index is 4.32. The van der Waals surface area contributed by atoms with Crippen LogP contribution in [0.2, 0.25) is 0 Å². The molecular formula is C13H14N6. The summed E-state index contributed by atoms with van der Waals surface area (Å²) in [5.74, 6) is 0.881. The van der Waals surface area contributed by atoms with E-state index in [0.29, 0.717) is 6.54 Å². The monoisotopic (exact) mass is 254 g/mol. The number of aromatic nitrogens is 5. The van der Waals surface area contributed by atoms with Crippen LogP contribution in [0, 0.1) is 6.92 Å². The summed E-state index contributed by atoms with van der Waals surface area (Å²) in [5, 5.41) is 7.62. The Morgan fingerprint density at radius 2 is 2.26 bits per heavy atom. The highest BCUT2D eigenvalue weighted by atomic mass is 15.3. The van der Waals surface area contributed by atoms with E-state index in [1.807, 2.05) is 30.1 Å². The van der Waals surface area contributed by atoms with Crippen LogP contribution in [0.3, 0.4) is 0 Å². The minimum Gasteiger partial charge on any atom is -0.375 e. The van der Waals surface area contributed by atoms with Gasteiger partial charge in [-0.2, -0.15) is 5.10 Å². The SMILES string of the molecule is Cc1cnn(-c2ccncc2NCc2ncc[nH]2)c1. The third-order valence-electron chi connectivity index (χ3n) is 2.76. The molecule has 0 fully saturated rings. The molecule has 19 heavy (non-hydrogen) atoms. The molecule has 0 atom stereocenters. The number of imidazole rings is 1. The summed E-state index contributed by atoms with van der Waals surface area (Å²) in [7, 11) is 0. The predicted molar refractivity (Wildman–Crippen MR) is 72.0 cm³/mol. The maximum Gasteiger partial charge on any atom is 0.125 e. The molecule has 3 aromatic heterocycles. The van der Waals surface area contributed by atoms with Gasteiger partial charge in [-0.15, -0.1) is 0 Å². The third-order valence-corrected chi connectivity index (χ3v) is 2.76. The zero-order valence-electron chi connectivity index (χ0n) is 10.5. The smallest absolute Gasteiger partial charge is 0.125 e. The zero-order valence-corrected chi connectivity index (χ0v) is 10.5. The summed E-state index contributed by atoms with van der Waals surface area (Å²) in [5.41, 5.74) is 3.01. The molecule has 6 heteroatoms. The topological polar surface area (TPSA) is 71.4 Å². The van der Waals surface area contributed by atoms with E-state index in [-0.39, 0.29) is 0 Å². The van der Waals surface area contributed by atoms with Gasteiger partial charge in [-0.25, -0.2) is 9.67 Å². The highest BCUT2D eigenvalue weighted by Crippen LogP contribution is 2.18. The van der Waals surface area contributed by atoms with Crippen molar-refractivity contribution in [3.8, 4) is 5.69 Å². The van der Waals surface area contributed by atoms with Crippen molar-refractivity contribution in [2.45, 2.75) is 13.5 Å². The minimum atomic E-state index is 0.617. The number of H-pyrrole nitrogens is 1. The van der Waals surface area contributed by atoms with Crippen molar-refractivity contribution in [3.05, 3.63) is 54.6 Å². The third kappa shape index (κ3) is 2.47. The van der Waals surface area contributed by atoms with E-state index in [4.69, 9.17) is 0 Å². The second kappa shape index (κ2) is 4.93. The number of aromatic amines is 1. The molecule has 0 aliphatic rings. The number of rotatable bonds is 4. The number of hydrogen-bond acceptors (Lipinski definition) is 4. The fourth-order valence-electron chi connectivity index (χ4n) is 1.84. The van der Waals surface area contributed by atoms with Crippen molar-refractivity contribution in [1.82, 2.24) is 24.7 Å². The molecule has 0 unspecified atom stereocenters. The Balaban J connectivity index is 1.85. The van der Waals surface area contributed by atoms with Gasteiger partial charge in [0.05, 0.1) is 30.3 Å². The van der Waals surface area contributed by atoms with Gasteiger partial charge in [0.25, 0.3) is 0 Å². The standard InChI is InChI=1S/C13H14N6/c1-10-6-18-19(9-10)12-2-3-14-7-11(12)17-8-13-15-4-5-16-13/h2-7,9,17H,8H2,1H3,(H,15,16). The first-order valence-corrected chi connectivity index (χ1v) is 6.01. The fourth-order valence-corrected chi connectivity index (χ4v) is 1.84. The molecule has 0 aliphatic carbocycles. The van der Waals surface area contributed by atoms with Crippen molar-refractivity contribution >= 4 is 5.69 Å². The Morgan fingerprint density at radius 1 is 1.32 bits per heavy atom. The molecule has 96 valence electrons. The quantitative estimate of drug-likeness (QED) is 0.746. The second-order valence-corrected chi connectivity index (χ2v) is 4.24. The van der Waals surface area contributed by atoms with Gasteiger partial charge in [0.1, 0.15) is 5.82 Å². The molecule has 3 rings (SSSR count). The predicted octanol–water partition coefficient (Wildman–Crippen LogP) is 1.91. The molecule has 3 heterocycles. The van der Waals surface area contributed by atoms with Crippen LogP contribution in [0.1, 0.15) is 11.4 Å². The average molecular weight is 254 g/mol. The van der Waals surface area contributed by atoms with Gasteiger partial charge in [-0.1, -0.05) is 0 Å². The molecule has 2 N–H and O–H groups in total. The van der Waals surface area contributed by atoms with Crippen LogP contribution >= 0.6 is 0 Å². The first-order valence-electron chi connectivity index (χ1n) is 6.01. The maximum atomic E-state index is 4.32. The summed E-state index contributed by atoms with van der Waals surface area (Å²) in [6, 6.07) is 1.93. The van der Waals surface area contributed by atoms with Crippen molar-refractivity contribution in [2.24, 2.45) is 0 Å².